The molecule has 0 fully saturated rings. The lowest BCUT2D eigenvalue weighted by Gasteiger charge is -2.06. The number of fused-ring (bicyclic) bond motifs is 1. The number of carbonyl (C=O) groups excluding carboxylic acids is 2. The predicted octanol–water partition coefficient (Wildman–Crippen LogP) is 1.33. The molecule has 1 aromatic heterocycles. The maximum Gasteiger partial charge on any atom is 0.351 e. The Kier molecular flexibility index (Phi) is 4.88. The summed E-state index contributed by atoms with van der Waals surface area (Å²) in [5.74, 6) is -0.846. The Balaban J connectivity index is 1.91. The highest BCUT2D eigenvalue weighted by molar-refractivity contribution is 6.32. The fourth-order valence-corrected chi connectivity index (χ4v) is 2.43. The van der Waals surface area contributed by atoms with E-state index in [0.29, 0.717) is 22.3 Å². The lowest BCUT2D eigenvalue weighted by Crippen LogP contribution is -2.19. The van der Waals surface area contributed by atoms with E-state index in [1.165, 1.54) is 13.0 Å². The molecule has 3 rings (SSSR count). The second-order valence-corrected chi connectivity index (χ2v) is 5.81. The smallest absolute Gasteiger partial charge is 0.351 e. The summed E-state index contributed by atoms with van der Waals surface area (Å²) in [6.45, 7) is 1.41. The molecule has 0 aliphatic rings. The van der Waals surface area contributed by atoms with E-state index >= 15 is 0 Å². The minimum Gasteiger partial charge on any atom is -0.461 e. The van der Waals surface area contributed by atoms with Crippen LogP contribution >= 0.6 is 0 Å². The first-order chi connectivity index (χ1) is 12.4. The van der Waals surface area contributed by atoms with E-state index in [1.807, 2.05) is 13.9 Å². The average Bonchev–Trinajstić information content (AvgIpc) is 2.59. The number of hydrogen-bond donors (Lipinski definition) is 0. The van der Waals surface area contributed by atoms with Gasteiger partial charge >= 0.3 is 17.6 Å². The fraction of sp³-hybridized carbons (Fsp3) is 0.105. The topological polar surface area (TPSA) is 82.8 Å². The molecule has 0 bridgehead atoms. The van der Waals surface area contributed by atoms with Crippen LogP contribution in [0.3, 0.4) is 0 Å². The Morgan fingerprint density at radius 2 is 1.92 bits per heavy atom. The van der Waals surface area contributed by atoms with Crippen molar-refractivity contribution in [1.29, 1.82) is 0 Å². The number of hydrogen-bond acceptors (Lipinski definition) is 6. The molecule has 3 aromatic rings. The lowest BCUT2D eigenvalue weighted by molar-refractivity contribution is -0.142. The summed E-state index contributed by atoms with van der Waals surface area (Å²) in [5, 5.41) is 0.533. The van der Waals surface area contributed by atoms with Crippen LogP contribution in [-0.4, -0.2) is 19.8 Å². The first kappa shape index (κ1) is 17.5. The Bertz CT molecular complexity index is 1050. The van der Waals surface area contributed by atoms with Crippen LogP contribution in [0.25, 0.3) is 11.0 Å². The lowest BCUT2D eigenvalue weighted by atomic mass is 9.96. The zero-order chi connectivity index (χ0) is 18.7. The molecule has 0 unspecified atom stereocenters. The number of ether oxygens (including phenoxy) is 2. The van der Waals surface area contributed by atoms with Crippen LogP contribution in [0.1, 0.15) is 22.8 Å². The molecule has 0 N–H and O–H groups in total. The van der Waals surface area contributed by atoms with Crippen molar-refractivity contribution in [2.75, 3.05) is 0 Å². The number of esters is 2. The zero-order valence-electron chi connectivity index (χ0n) is 14.3. The third kappa shape index (κ3) is 4.00. The standard InChI is InChI=1S/C19H15BO6/c1-11(21)24-10-12-5-6-17-13(7-12)8-16(19(23)26-17)18(22)25-15-4-2-3-14(20)9-15/h2-9H,10,20H2,1H3. The van der Waals surface area contributed by atoms with Gasteiger partial charge in [0.1, 0.15) is 31.3 Å². The molecular weight excluding hydrogens is 335 g/mol. The number of benzene rings is 2. The molecular formula is C19H15BO6. The Morgan fingerprint density at radius 3 is 2.65 bits per heavy atom. The molecule has 1 heterocycles. The van der Waals surface area contributed by atoms with Crippen LogP contribution in [0.5, 0.6) is 5.75 Å². The van der Waals surface area contributed by atoms with E-state index in [9.17, 15) is 14.4 Å². The first-order valence-corrected chi connectivity index (χ1v) is 7.91. The van der Waals surface area contributed by atoms with Crippen molar-refractivity contribution in [3.63, 3.8) is 0 Å². The third-order valence-electron chi connectivity index (χ3n) is 3.66. The predicted molar refractivity (Wildman–Crippen MR) is 97.5 cm³/mol. The van der Waals surface area contributed by atoms with Crippen molar-refractivity contribution >= 4 is 36.2 Å². The highest BCUT2D eigenvalue weighted by atomic mass is 16.5. The average molecular weight is 350 g/mol. The molecule has 0 aliphatic carbocycles. The van der Waals surface area contributed by atoms with Crippen LogP contribution in [0.4, 0.5) is 0 Å². The van der Waals surface area contributed by atoms with Gasteiger partial charge in [0.25, 0.3) is 0 Å². The van der Waals surface area contributed by atoms with Crippen LogP contribution in [0, 0.1) is 0 Å². The first-order valence-electron chi connectivity index (χ1n) is 7.91. The highest BCUT2D eigenvalue weighted by Crippen LogP contribution is 2.18. The molecule has 0 radical (unpaired) electrons. The van der Waals surface area contributed by atoms with Gasteiger partial charge in [0.15, 0.2) is 0 Å². The molecule has 26 heavy (non-hydrogen) atoms. The Morgan fingerprint density at radius 1 is 1.12 bits per heavy atom. The SMILES string of the molecule is Bc1cccc(OC(=O)c2cc3cc(COC(C)=O)ccc3oc2=O)c1. The molecule has 6 nitrogen and oxygen atoms in total. The molecule has 0 saturated heterocycles. The summed E-state index contributed by atoms with van der Waals surface area (Å²) in [5.41, 5.74) is 0.982. The van der Waals surface area contributed by atoms with Crippen molar-refractivity contribution in [3.8, 4) is 5.75 Å². The van der Waals surface area contributed by atoms with Crippen LogP contribution in [0.15, 0.2) is 57.7 Å². The van der Waals surface area contributed by atoms with Crippen LogP contribution in [-0.2, 0) is 16.1 Å². The van der Waals surface area contributed by atoms with Gasteiger partial charge in [0, 0.05) is 12.3 Å². The number of carbonyl (C=O) groups is 2. The molecule has 0 amide bonds. The fourth-order valence-electron chi connectivity index (χ4n) is 2.43. The summed E-state index contributed by atoms with van der Waals surface area (Å²) < 4.78 is 15.4. The molecule has 0 aliphatic heterocycles. The molecule has 0 spiro atoms. The second kappa shape index (κ2) is 7.27. The van der Waals surface area contributed by atoms with E-state index in [-0.39, 0.29) is 12.2 Å². The van der Waals surface area contributed by atoms with E-state index in [2.05, 4.69) is 0 Å². The quantitative estimate of drug-likeness (QED) is 0.306. The Hall–Kier alpha value is -3.35. The van der Waals surface area contributed by atoms with E-state index < -0.39 is 17.6 Å². The minimum atomic E-state index is -0.795. The third-order valence-corrected chi connectivity index (χ3v) is 3.66. The van der Waals surface area contributed by atoms with Gasteiger partial charge in [-0.2, -0.15) is 0 Å². The van der Waals surface area contributed by atoms with Crippen molar-refractivity contribution < 1.29 is 23.5 Å². The van der Waals surface area contributed by atoms with Crippen LogP contribution < -0.4 is 15.8 Å². The van der Waals surface area contributed by atoms with Gasteiger partial charge in [-0.05, 0) is 35.9 Å². The van der Waals surface area contributed by atoms with Crippen molar-refractivity contribution in [2.24, 2.45) is 0 Å². The van der Waals surface area contributed by atoms with Gasteiger partial charge < -0.3 is 13.9 Å². The van der Waals surface area contributed by atoms with Crippen molar-refractivity contribution in [1.82, 2.24) is 0 Å². The summed E-state index contributed by atoms with van der Waals surface area (Å²) >= 11 is 0. The van der Waals surface area contributed by atoms with E-state index in [1.54, 1.807) is 36.4 Å². The van der Waals surface area contributed by atoms with E-state index in [0.717, 1.165) is 5.46 Å². The van der Waals surface area contributed by atoms with Crippen molar-refractivity contribution in [3.05, 3.63) is 70.1 Å². The van der Waals surface area contributed by atoms with Gasteiger partial charge in [-0.3, -0.25) is 4.79 Å². The van der Waals surface area contributed by atoms with Gasteiger partial charge in [-0.15, -0.1) is 0 Å². The second-order valence-electron chi connectivity index (χ2n) is 5.81. The summed E-state index contributed by atoms with van der Waals surface area (Å²) in [7, 11) is 1.87. The molecule has 7 heteroatoms. The van der Waals surface area contributed by atoms with Gasteiger partial charge in [0.05, 0.1) is 0 Å². The van der Waals surface area contributed by atoms with Gasteiger partial charge in [-0.1, -0.05) is 23.7 Å². The molecule has 0 atom stereocenters. The maximum absolute atomic E-state index is 12.3. The summed E-state index contributed by atoms with van der Waals surface area (Å²) in [6.07, 6.45) is 0. The molecule has 130 valence electrons. The zero-order valence-corrected chi connectivity index (χ0v) is 14.3. The van der Waals surface area contributed by atoms with Crippen molar-refractivity contribution in [2.45, 2.75) is 13.5 Å². The normalized spacial score (nSPS) is 10.5. The van der Waals surface area contributed by atoms with Crippen LogP contribution in [0.2, 0.25) is 0 Å². The van der Waals surface area contributed by atoms with Gasteiger partial charge in [-0.25, -0.2) is 9.59 Å². The van der Waals surface area contributed by atoms with E-state index in [4.69, 9.17) is 13.9 Å². The largest absolute Gasteiger partial charge is 0.461 e. The van der Waals surface area contributed by atoms with Gasteiger partial charge in [0.2, 0.25) is 0 Å². The minimum absolute atomic E-state index is 0.0907. The summed E-state index contributed by atoms with van der Waals surface area (Å²) in [6, 6.07) is 13.3. The number of rotatable bonds is 4. The highest BCUT2D eigenvalue weighted by Gasteiger charge is 2.16. The Labute approximate surface area is 149 Å². The monoisotopic (exact) mass is 350 g/mol. The summed E-state index contributed by atoms with van der Waals surface area (Å²) in [4.78, 5) is 35.4. The molecule has 0 saturated carbocycles. The maximum atomic E-state index is 12.3. The molecule has 2 aromatic carbocycles.